The number of ether oxygens (including phenoxy) is 1. The lowest BCUT2D eigenvalue weighted by atomic mass is 9.84. The summed E-state index contributed by atoms with van der Waals surface area (Å²) in [6.07, 6.45) is 4.27. The standard InChI is InChI=1S/C16H14N2O2/c1-15(2)16(20-15)9-7-8-10(16)14-13(9)17-11-5-3-4-6-12(11)18(14)19/h3-10H,1-2H3/t9-,10+,16+/m0/s1. The van der Waals surface area contributed by atoms with Crippen molar-refractivity contribution in [1.29, 1.82) is 0 Å². The van der Waals surface area contributed by atoms with Gasteiger partial charge in [-0.25, -0.2) is 4.98 Å². The highest BCUT2D eigenvalue weighted by Gasteiger charge is 2.78. The zero-order valence-corrected chi connectivity index (χ0v) is 11.3. The summed E-state index contributed by atoms with van der Waals surface area (Å²) in [6, 6.07) is 7.52. The van der Waals surface area contributed by atoms with E-state index in [0.29, 0.717) is 5.52 Å². The molecular weight excluding hydrogens is 252 g/mol. The number of fused-ring (bicyclic) bond motifs is 4. The van der Waals surface area contributed by atoms with E-state index < -0.39 is 0 Å². The van der Waals surface area contributed by atoms with Crippen molar-refractivity contribution in [3.8, 4) is 0 Å². The fraction of sp³-hybridized carbons (Fsp3) is 0.375. The van der Waals surface area contributed by atoms with Crippen LogP contribution in [-0.4, -0.2) is 16.2 Å². The van der Waals surface area contributed by atoms with Gasteiger partial charge in [0.05, 0.1) is 17.4 Å². The van der Waals surface area contributed by atoms with Crippen LogP contribution in [0.5, 0.6) is 0 Å². The van der Waals surface area contributed by atoms with Crippen molar-refractivity contribution < 1.29 is 9.47 Å². The molecule has 1 fully saturated rings. The summed E-state index contributed by atoms with van der Waals surface area (Å²) in [5.74, 6) is 0.148. The molecule has 1 aromatic heterocycles. The summed E-state index contributed by atoms with van der Waals surface area (Å²) in [7, 11) is 0. The van der Waals surface area contributed by atoms with Gasteiger partial charge in [0, 0.05) is 6.07 Å². The number of para-hydroxylation sites is 2. The number of epoxide rings is 1. The Labute approximate surface area is 116 Å². The molecule has 0 amide bonds. The van der Waals surface area contributed by atoms with Gasteiger partial charge in [0.1, 0.15) is 16.8 Å². The van der Waals surface area contributed by atoms with E-state index in [1.165, 1.54) is 0 Å². The van der Waals surface area contributed by atoms with Gasteiger partial charge < -0.3 is 9.94 Å². The lowest BCUT2D eigenvalue weighted by molar-refractivity contribution is -0.587. The molecule has 0 N–H and O–H groups in total. The van der Waals surface area contributed by atoms with Crippen molar-refractivity contribution >= 4 is 11.0 Å². The first-order chi connectivity index (χ1) is 9.56. The van der Waals surface area contributed by atoms with Gasteiger partial charge >= 0.3 is 0 Å². The topological polar surface area (TPSA) is 52.4 Å². The van der Waals surface area contributed by atoms with Gasteiger partial charge in [-0.2, -0.15) is 4.73 Å². The minimum absolute atomic E-state index is 0.0344. The molecule has 0 saturated carbocycles. The van der Waals surface area contributed by atoms with E-state index in [-0.39, 0.29) is 23.0 Å². The van der Waals surface area contributed by atoms with E-state index in [4.69, 9.17) is 9.72 Å². The maximum absolute atomic E-state index is 12.7. The molecule has 4 heteroatoms. The van der Waals surface area contributed by atoms with Crippen LogP contribution in [0.3, 0.4) is 0 Å². The number of hydrogen-bond donors (Lipinski definition) is 0. The molecule has 2 aromatic rings. The van der Waals surface area contributed by atoms with Crippen molar-refractivity contribution in [2.75, 3.05) is 0 Å². The molecule has 3 aliphatic rings. The number of nitrogens with zero attached hydrogens (tertiary/aromatic N) is 2. The summed E-state index contributed by atoms with van der Waals surface area (Å²) in [5, 5.41) is 12.7. The fourth-order valence-corrected chi connectivity index (χ4v) is 4.23. The molecule has 0 unspecified atom stereocenters. The third-order valence-corrected chi connectivity index (χ3v) is 5.16. The van der Waals surface area contributed by atoms with Crippen LogP contribution in [-0.2, 0) is 4.74 Å². The minimum Gasteiger partial charge on any atom is -0.618 e. The number of benzene rings is 1. The highest BCUT2D eigenvalue weighted by atomic mass is 16.6. The molecule has 5 rings (SSSR count). The Balaban J connectivity index is 1.85. The lowest BCUT2D eigenvalue weighted by Crippen LogP contribution is -2.36. The second-order valence-electron chi connectivity index (χ2n) is 6.41. The Morgan fingerprint density at radius 1 is 1.20 bits per heavy atom. The van der Waals surface area contributed by atoms with E-state index in [1.54, 1.807) is 0 Å². The van der Waals surface area contributed by atoms with Crippen LogP contribution in [0, 0.1) is 5.21 Å². The van der Waals surface area contributed by atoms with Gasteiger partial charge in [0.25, 0.3) is 0 Å². The van der Waals surface area contributed by atoms with E-state index in [0.717, 1.165) is 21.6 Å². The molecule has 2 aliphatic carbocycles. The summed E-state index contributed by atoms with van der Waals surface area (Å²) in [6.45, 7) is 4.20. The lowest BCUT2D eigenvalue weighted by Gasteiger charge is -2.12. The monoisotopic (exact) mass is 266 g/mol. The average molecular weight is 266 g/mol. The van der Waals surface area contributed by atoms with Crippen LogP contribution < -0.4 is 4.73 Å². The van der Waals surface area contributed by atoms with Gasteiger partial charge in [-0.15, -0.1) is 0 Å². The Morgan fingerprint density at radius 3 is 2.65 bits per heavy atom. The second kappa shape index (κ2) is 2.88. The van der Waals surface area contributed by atoms with Crippen molar-refractivity contribution in [3.63, 3.8) is 0 Å². The quantitative estimate of drug-likeness (QED) is 0.318. The Bertz CT molecular complexity index is 811. The summed E-state index contributed by atoms with van der Waals surface area (Å²) < 4.78 is 7.11. The number of hydrogen-bond acceptors (Lipinski definition) is 3. The smallest absolute Gasteiger partial charge is 0.242 e. The van der Waals surface area contributed by atoms with E-state index in [2.05, 4.69) is 26.0 Å². The van der Waals surface area contributed by atoms with Gasteiger partial charge in [-0.1, -0.05) is 24.3 Å². The third-order valence-electron chi connectivity index (χ3n) is 5.16. The molecule has 1 aliphatic heterocycles. The summed E-state index contributed by atoms with van der Waals surface area (Å²) >= 11 is 0. The first-order valence-electron chi connectivity index (χ1n) is 6.97. The minimum atomic E-state index is -0.272. The third kappa shape index (κ3) is 0.916. The predicted octanol–water partition coefficient (Wildman–Crippen LogP) is 2.17. The summed E-state index contributed by atoms with van der Waals surface area (Å²) in [4.78, 5) is 4.75. The molecule has 2 heterocycles. The van der Waals surface area contributed by atoms with Gasteiger partial charge in [-0.3, -0.25) is 0 Å². The summed E-state index contributed by atoms with van der Waals surface area (Å²) in [5.41, 5.74) is 2.62. The Morgan fingerprint density at radius 2 is 1.90 bits per heavy atom. The fourth-order valence-electron chi connectivity index (χ4n) is 4.23. The van der Waals surface area contributed by atoms with E-state index in [1.807, 2.05) is 24.3 Å². The van der Waals surface area contributed by atoms with Gasteiger partial charge in [0.2, 0.25) is 11.2 Å². The van der Waals surface area contributed by atoms with Crippen molar-refractivity contribution in [3.05, 3.63) is 53.0 Å². The number of rotatable bonds is 0. The maximum atomic E-state index is 12.7. The molecule has 2 bridgehead atoms. The highest BCUT2D eigenvalue weighted by molar-refractivity contribution is 5.72. The number of aromatic nitrogens is 2. The van der Waals surface area contributed by atoms with Crippen LogP contribution >= 0.6 is 0 Å². The Hall–Kier alpha value is -1.94. The van der Waals surface area contributed by atoms with Crippen LogP contribution in [0.2, 0.25) is 0 Å². The van der Waals surface area contributed by atoms with Crippen LogP contribution in [0.25, 0.3) is 11.0 Å². The SMILES string of the molecule is CC1(C)O[C@]12[C@@H]1C=C[C@H]2c2nc3ccccc3[n+]([O-])c21. The molecular formula is C16H14N2O2. The molecule has 0 radical (unpaired) electrons. The van der Waals surface area contributed by atoms with Crippen LogP contribution in [0.4, 0.5) is 0 Å². The average Bonchev–Trinajstić information content (AvgIpc) is 2.73. The van der Waals surface area contributed by atoms with E-state index in [9.17, 15) is 5.21 Å². The largest absolute Gasteiger partial charge is 0.618 e. The maximum Gasteiger partial charge on any atom is 0.242 e. The van der Waals surface area contributed by atoms with Gasteiger partial charge in [-0.05, 0) is 19.9 Å². The van der Waals surface area contributed by atoms with Gasteiger partial charge in [0.15, 0.2) is 0 Å². The molecule has 1 saturated heterocycles. The van der Waals surface area contributed by atoms with Crippen LogP contribution in [0.15, 0.2) is 36.4 Å². The molecule has 1 spiro atoms. The molecule has 4 nitrogen and oxygen atoms in total. The van der Waals surface area contributed by atoms with Crippen molar-refractivity contribution in [2.45, 2.75) is 36.9 Å². The molecule has 3 atom stereocenters. The molecule has 1 aromatic carbocycles. The van der Waals surface area contributed by atoms with Crippen LogP contribution in [0.1, 0.15) is 37.1 Å². The zero-order valence-electron chi connectivity index (χ0n) is 11.3. The first kappa shape index (κ1) is 10.8. The van der Waals surface area contributed by atoms with E-state index >= 15 is 0 Å². The normalized spacial score (nSPS) is 34.9. The highest BCUT2D eigenvalue weighted by Crippen LogP contribution is 2.70. The zero-order chi connectivity index (χ0) is 13.7. The molecule has 20 heavy (non-hydrogen) atoms. The predicted molar refractivity (Wildman–Crippen MR) is 73.2 cm³/mol. The Kier molecular flexibility index (Phi) is 1.56. The second-order valence-corrected chi connectivity index (χ2v) is 6.41. The molecule has 100 valence electrons. The van der Waals surface area contributed by atoms with Crippen molar-refractivity contribution in [2.24, 2.45) is 0 Å². The first-order valence-corrected chi connectivity index (χ1v) is 6.97. The van der Waals surface area contributed by atoms with Crippen molar-refractivity contribution in [1.82, 2.24) is 4.98 Å².